The third-order valence-corrected chi connectivity index (χ3v) is 7.87. The second-order valence-corrected chi connectivity index (χ2v) is 10.4. The van der Waals surface area contributed by atoms with Crippen LogP contribution in [0.25, 0.3) is 6.08 Å². The van der Waals surface area contributed by atoms with Gasteiger partial charge >= 0.3 is 0 Å². The van der Waals surface area contributed by atoms with Gasteiger partial charge in [-0.05, 0) is 35.7 Å². The maximum atomic E-state index is 12.4. The monoisotopic (exact) mass is 414 g/mol. The number of hydrogen-bond donors (Lipinski definition) is 0. The molecule has 2 saturated heterocycles. The fourth-order valence-electron chi connectivity index (χ4n) is 2.86. The lowest BCUT2D eigenvalue weighted by atomic mass is 10.2. The topological polar surface area (TPSA) is 91.8 Å². The van der Waals surface area contributed by atoms with Crippen molar-refractivity contribution in [3.63, 3.8) is 0 Å². The van der Waals surface area contributed by atoms with Crippen LogP contribution in [0.5, 0.6) is 0 Å². The summed E-state index contributed by atoms with van der Waals surface area (Å²) in [6.07, 6.45) is 2.08. The molecule has 0 spiro atoms. The van der Waals surface area contributed by atoms with E-state index in [0.29, 0.717) is 11.3 Å². The van der Waals surface area contributed by atoms with Crippen LogP contribution in [0.4, 0.5) is 4.79 Å². The summed E-state index contributed by atoms with van der Waals surface area (Å²) in [5.41, 5.74) is 0. The van der Waals surface area contributed by atoms with Crippen molar-refractivity contribution in [1.82, 2.24) is 9.80 Å². The van der Waals surface area contributed by atoms with Crippen molar-refractivity contribution in [1.29, 1.82) is 0 Å². The highest BCUT2D eigenvalue weighted by atomic mass is 32.2. The summed E-state index contributed by atoms with van der Waals surface area (Å²) in [7, 11) is -1.51. The number of thiophene rings is 1. The molecule has 7 nitrogen and oxygen atoms in total. The molecule has 0 aromatic carbocycles. The van der Waals surface area contributed by atoms with E-state index >= 15 is 0 Å². The first-order valence-corrected chi connectivity index (χ1v) is 11.5. The maximum absolute atomic E-state index is 12.4. The van der Waals surface area contributed by atoms with Gasteiger partial charge in [-0.15, -0.1) is 11.3 Å². The Morgan fingerprint density at radius 3 is 2.81 bits per heavy atom. The van der Waals surface area contributed by atoms with Gasteiger partial charge in [0, 0.05) is 30.9 Å². The third kappa shape index (κ3) is 4.18. The normalized spacial score (nSPS) is 23.8. The second-order valence-electron chi connectivity index (χ2n) is 6.16. The largest absolute Gasteiger partial charge is 0.342 e. The van der Waals surface area contributed by atoms with Crippen LogP contribution in [0.2, 0.25) is 0 Å². The molecule has 0 aliphatic carbocycles. The van der Waals surface area contributed by atoms with Gasteiger partial charge in [0.15, 0.2) is 9.84 Å². The predicted molar refractivity (Wildman–Crippen MR) is 101 cm³/mol. The van der Waals surface area contributed by atoms with Gasteiger partial charge in [-0.2, -0.15) is 0 Å². The quantitative estimate of drug-likeness (QED) is 0.683. The molecule has 3 heterocycles. The molecular weight excluding hydrogens is 396 g/mol. The lowest BCUT2D eigenvalue weighted by Gasteiger charge is -2.24. The van der Waals surface area contributed by atoms with Gasteiger partial charge in [0.2, 0.25) is 5.91 Å². The summed E-state index contributed by atoms with van der Waals surface area (Å²) >= 11 is 2.33. The van der Waals surface area contributed by atoms with Crippen LogP contribution in [-0.4, -0.2) is 66.4 Å². The number of rotatable bonds is 5. The molecule has 1 aromatic heterocycles. The van der Waals surface area contributed by atoms with Crippen LogP contribution in [0.1, 0.15) is 17.7 Å². The Balaban J connectivity index is 1.58. The van der Waals surface area contributed by atoms with Gasteiger partial charge in [0.25, 0.3) is 11.1 Å². The molecule has 0 radical (unpaired) electrons. The van der Waals surface area contributed by atoms with E-state index in [2.05, 4.69) is 0 Å². The molecule has 0 saturated carbocycles. The fraction of sp³-hybridized carbons (Fsp3) is 0.438. The first kappa shape index (κ1) is 19.1. The van der Waals surface area contributed by atoms with Crippen LogP contribution >= 0.6 is 23.1 Å². The average Bonchev–Trinajstić information content (AvgIpc) is 3.27. The van der Waals surface area contributed by atoms with Gasteiger partial charge in [-0.3, -0.25) is 19.3 Å². The Labute approximate surface area is 160 Å². The lowest BCUT2D eigenvalue weighted by Crippen LogP contribution is -2.40. The molecule has 3 amide bonds. The van der Waals surface area contributed by atoms with Gasteiger partial charge in [-0.1, -0.05) is 6.07 Å². The molecule has 0 bridgehead atoms. The molecule has 2 fully saturated rings. The Hall–Kier alpha value is -1.65. The van der Waals surface area contributed by atoms with E-state index in [9.17, 15) is 22.8 Å². The van der Waals surface area contributed by atoms with Crippen LogP contribution < -0.4 is 0 Å². The summed E-state index contributed by atoms with van der Waals surface area (Å²) < 4.78 is 23.1. The Morgan fingerprint density at radius 2 is 2.19 bits per heavy atom. The first-order chi connectivity index (χ1) is 12.3. The van der Waals surface area contributed by atoms with E-state index in [1.165, 1.54) is 16.2 Å². The minimum Gasteiger partial charge on any atom is -0.342 e. The van der Waals surface area contributed by atoms with Crippen LogP contribution in [-0.2, 0) is 19.4 Å². The number of carbonyl (C=O) groups is 3. The highest BCUT2D eigenvalue weighted by Gasteiger charge is 2.36. The van der Waals surface area contributed by atoms with Crippen LogP contribution in [0.15, 0.2) is 22.4 Å². The van der Waals surface area contributed by atoms with Gasteiger partial charge in [0.1, 0.15) is 0 Å². The SMILES string of the molecule is CN(C(=O)CCN1C(=O)S/C(=C\c2cccs2)C1=O)C1CCS(=O)(=O)C1. The number of carbonyl (C=O) groups excluding carboxylic acids is 3. The summed E-state index contributed by atoms with van der Waals surface area (Å²) in [5.74, 6) is -0.604. The minimum atomic E-state index is -3.08. The zero-order valence-corrected chi connectivity index (χ0v) is 16.5. The van der Waals surface area contributed by atoms with Crippen molar-refractivity contribution in [3.8, 4) is 0 Å². The second kappa shape index (κ2) is 7.53. The third-order valence-electron chi connectivity index (χ3n) is 4.39. The molecule has 2 aliphatic rings. The van der Waals surface area contributed by atoms with Crippen LogP contribution in [0, 0.1) is 0 Å². The zero-order valence-electron chi connectivity index (χ0n) is 14.1. The van der Waals surface area contributed by atoms with Crippen molar-refractivity contribution in [2.24, 2.45) is 0 Å². The van der Waals surface area contributed by atoms with Crippen molar-refractivity contribution >= 4 is 56.1 Å². The summed E-state index contributed by atoms with van der Waals surface area (Å²) in [4.78, 5) is 40.5. The smallest absolute Gasteiger partial charge is 0.293 e. The maximum Gasteiger partial charge on any atom is 0.293 e. The van der Waals surface area contributed by atoms with Gasteiger partial charge < -0.3 is 4.90 Å². The van der Waals surface area contributed by atoms with E-state index < -0.39 is 21.0 Å². The standard InChI is InChI=1S/C16H18N2O5S3/c1-17(11-5-8-26(22,23)10-11)14(19)4-6-18-15(20)13(25-16(18)21)9-12-3-2-7-24-12/h2-3,7,9,11H,4-6,8,10H2,1H3/b13-9-. The number of thioether (sulfide) groups is 1. The predicted octanol–water partition coefficient (Wildman–Crippen LogP) is 1.82. The number of hydrogen-bond acceptors (Lipinski definition) is 7. The van der Waals surface area contributed by atoms with Crippen molar-refractivity contribution in [2.45, 2.75) is 18.9 Å². The fourth-order valence-corrected chi connectivity index (χ4v) is 6.23. The zero-order chi connectivity index (χ0) is 18.9. The van der Waals surface area contributed by atoms with Gasteiger partial charge in [-0.25, -0.2) is 8.42 Å². The lowest BCUT2D eigenvalue weighted by molar-refractivity contribution is -0.132. The Kier molecular flexibility index (Phi) is 5.54. The van der Waals surface area contributed by atoms with Crippen LogP contribution in [0.3, 0.4) is 0 Å². The highest BCUT2D eigenvalue weighted by Crippen LogP contribution is 2.33. The molecule has 10 heteroatoms. The number of imide groups is 1. The summed E-state index contributed by atoms with van der Waals surface area (Å²) in [5, 5.41) is 1.49. The van der Waals surface area contributed by atoms with Crippen molar-refractivity contribution in [3.05, 3.63) is 27.3 Å². The molecule has 140 valence electrons. The van der Waals surface area contributed by atoms with Gasteiger partial charge in [0.05, 0.1) is 16.4 Å². The Bertz CT molecular complexity index is 860. The van der Waals surface area contributed by atoms with Crippen molar-refractivity contribution < 1.29 is 22.8 Å². The molecule has 2 aliphatic heterocycles. The average molecular weight is 415 g/mol. The van der Waals surface area contributed by atoms with E-state index in [0.717, 1.165) is 21.5 Å². The molecule has 0 N–H and O–H groups in total. The molecule has 3 rings (SSSR count). The number of amides is 3. The van der Waals surface area contributed by atoms with Crippen molar-refractivity contribution in [2.75, 3.05) is 25.1 Å². The first-order valence-electron chi connectivity index (χ1n) is 8.02. The summed E-state index contributed by atoms with van der Waals surface area (Å²) in [6.45, 7) is -0.00487. The highest BCUT2D eigenvalue weighted by molar-refractivity contribution is 8.18. The minimum absolute atomic E-state index is 0.00487. The number of sulfone groups is 1. The molecule has 1 unspecified atom stereocenters. The molecule has 26 heavy (non-hydrogen) atoms. The Morgan fingerprint density at radius 1 is 1.42 bits per heavy atom. The number of nitrogens with zero attached hydrogens (tertiary/aromatic N) is 2. The molecule has 1 atom stereocenters. The van der Waals surface area contributed by atoms with E-state index in [1.54, 1.807) is 13.1 Å². The van der Waals surface area contributed by atoms with E-state index in [-0.39, 0.29) is 36.4 Å². The molecular formula is C16H18N2O5S3. The summed E-state index contributed by atoms with van der Waals surface area (Å²) in [6, 6.07) is 3.38. The molecule has 1 aromatic rings. The van der Waals surface area contributed by atoms with E-state index in [4.69, 9.17) is 0 Å². The van der Waals surface area contributed by atoms with E-state index in [1.807, 2.05) is 17.5 Å².